The molecule has 0 spiro atoms. The molecular formula is C13H18N2O3. The SMILES string of the molecule is CCCc1ccc(N)c(C(=O)C[C@@H](N)C(=O)O)c1. The molecular weight excluding hydrogens is 232 g/mol. The highest BCUT2D eigenvalue weighted by atomic mass is 16.4. The van der Waals surface area contributed by atoms with Crippen LogP contribution in [-0.2, 0) is 11.2 Å². The molecule has 0 saturated carbocycles. The van der Waals surface area contributed by atoms with Gasteiger partial charge in [0.15, 0.2) is 5.78 Å². The highest BCUT2D eigenvalue weighted by Crippen LogP contribution is 2.17. The number of hydrogen-bond acceptors (Lipinski definition) is 4. The second kappa shape index (κ2) is 6.16. The fraction of sp³-hybridized carbons (Fsp3) is 0.385. The maximum Gasteiger partial charge on any atom is 0.320 e. The average Bonchev–Trinajstić information content (AvgIpc) is 2.31. The van der Waals surface area contributed by atoms with E-state index in [2.05, 4.69) is 0 Å². The number of carbonyl (C=O) groups is 2. The number of carboxylic acid groups (broad SMARTS) is 1. The van der Waals surface area contributed by atoms with Crippen molar-refractivity contribution in [3.05, 3.63) is 29.3 Å². The molecule has 0 saturated heterocycles. The number of carbonyl (C=O) groups excluding carboxylic acids is 1. The van der Waals surface area contributed by atoms with Gasteiger partial charge in [0.1, 0.15) is 6.04 Å². The summed E-state index contributed by atoms with van der Waals surface area (Å²) in [4.78, 5) is 22.5. The van der Waals surface area contributed by atoms with Gasteiger partial charge in [-0.1, -0.05) is 19.4 Å². The Morgan fingerprint density at radius 3 is 2.61 bits per heavy atom. The van der Waals surface area contributed by atoms with Crippen LogP contribution in [0.3, 0.4) is 0 Å². The maximum atomic E-state index is 11.9. The van der Waals surface area contributed by atoms with E-state index in [0.29, 0.717) is 11.3 Å². The fourth-order valence-electron chi connectivity index (χ4n) is 1.69. The number of Topliss-reactive ketones (excluding diaryl/α,β-unsaturated/α-hetero) is 1. The topological polar surface area (TPSA) is 106 Å². The molecule has 0 unspecified atom stereocenters. The third-order valence-corrected chi connectivity index (χ3v) is 2.68. The number of ketones is 1. The Labute approximate surface area is 106 Å². The molecule has 5 N–H and O–H groups in total. The Balaban J connectivity index is 2.90. The van der Waals surface area contributed by atoms with Crippen molar-refractivity contribution in [1.82, 2.24) is 0 Å². The standard InChI is InChI=1S/C13H18N2O3/c1-2-3-8-4-5-10(14)9(6-8)12(16)7-11(15)13(17)18/h4-6,11H,2-3,7,14-15H2,1H3,(H,17,18)/t11-/m1/s1. The van der Waals surface area contributed by atoms with Crippen LogP contribution in [0.2, 0.25) is 0 Å². The first-order chi connectivity index (χ1) is 8.45. The zero-order valence-corrected chi connectivity index (χ0v) is 10.3. The summed E-state index contributed by atoms with van der Waals surface area (Å²) in [5.41, 5.74) is 12.8. The van der Waals surface area contributed by atoms with Crippen molar-refractivity contribution >= 4 is 17.4 Å². The minimum Gasteiger partial charge on any atom is -0.480 e. The summed E-state index contributed by atoms with van der Waals surface area (Å²) in [5, 5.41) is 8.68. The van der Waals surface area contributed by atoms with E-state index in [1.54, 1.807) is 12.1 Å². The molecule has 0 bridgehead atoms. The first-order valence-electron chi connectivity index (χ1n) is 5.85. The molecule has 0 aromatic heterocycles. The number of nitrogens with two attached hydrogens (primary N) is 2. The second-order valence-corrected chi connectivity index (χ2v) is 4.24. The van der Waals surface area contributed by atoms with Gasteiger partial charge in [0.2, 0.25) is 0 Å². The van der Waals surface area contributed by atoms with Crippen molar-refractivity contribution in [2.75, 3.05) is 5.73 Å². The van der Waals surface area contributed by atoms with E-state index < -0.39 is 12.0 Å². The summed E-state index contributed by atoms with van der Waals surface area (Å²) in [6.45, 7) is 2.04. The van der Waals surface area contributed by atoms with Gasteiger partial charge in [-0.25, -0.2) is 0 Å². The lowest BCUT2D eigenvalue weighted by Gasteiger charge is -2.09. The van der Waals surface area contributed by atoms with E-state index in [9.17, 15) is 9.59 Å². The summed E-state index contributed by atoms with van der Waals surface area (Å²) >= 11 is 0. The second-order valence-electron chi connectivity index (χ2n) is 4.24. The van der Waals surface area contributed by atoms with Gasteiger partial charge in [-0.05, 0) is 24.1 Å². The largest absolute Gasteiger partial charge is 0.480 e. The van der Waals surface area contributed by atoms with Crippen LogP contribution in [-0.4, -0.2) is 22.9 Å². The van der Waals surface area contributed by atoms with Gasteiger partial charge in [-0.2, -0.15) is 0 Å². The molecule has 0 amide bonds. The molecule has 0 aliphatic heterocycles. The minimum atomic E-state index is -1.19. The van der Waals surface area contributed by atoms with Crippen LogP contribution in [0.25, 0.3) is 0 Å². The van der Waals surface area contributed by atoms with Crippen LogP contribution in [0.4, 0.5) is 5.69 Å². The predicted molar refractivity (Wildman–Crippen MR) is 69.4 cm³/mol. The highest BCUT2D eigenvalue weighted by Gasteiger charge is 2.19. The number of aryl methyl sites for hydroxylation is 1. The monoisotopic (exact) mass is 250 g/mol. The van der Waals surface area contributed by atoms with E-state index in [1.807, 2.05) is 13.0 Å². The number of anilines is 1. The van der Waals surface area contributed by atoms with Crippen molar-refractivity contribution in [2.45, 2.75) is 32.2 Å². The van der Waals surface area contributed by atoms with Crippen LogP contribution in [0.15, 0.2) is 18.2 Å². The molecule has 5 heteroatoms. The molecule has 1 atom stereocenters. The molecule has 1 aromatic carbocycles. The van der Waals surface area contributed by atoms with Gasteiger partial charge < -0.3 is 16.6 Å². The predicted octanol–water partition coefficient (Wildman–Crippen LogP) is 1.21. The van der Waals surface area contributed by atoms with Gasteiger partial charge in [-0.3, -0.25) is 9.59 Å². The summed E-state index contributed by atoms with van der Waals surface area (Å²) < 4.78 is 0. The van der Waals surface area contributed by atoms with Crippen molar-refractivity contribution < 1.29 is 14.7 Å². The molecule has 0 fully saturated rings. The summed E-state index contributed by atoms with van der Waals surface area (Å²) in [6, 6.07) is 4.07. The minimum absolute atomic E-state index is 0.241. The molecule has 0 heterocycles. The number of rotatable bonds is 6. The van der Waals surface area contributed by atoms with Crippen LogP contribution >= 0.6 is 0 Å². The number of hydrogen-bond donors (Lipinski definition) is 3. The molecule has 0 aliphatic carbocycles. The Hall–Kier alpha value is -1.88. The quantitative estimate of drug-likeness (QED) is 0.519. The van der Waals surface area contributed by atoms with Gasteiger partial charge in [-0.15, -0.1) is 0 Å². The van der Waals surface area contributed by atoms with E-state index in [1.165, 1.54) is 0 Å². The zero-order valence-electron chi connectivity index (χ0n) is 10.3. The lowest BCUT2D eigenvalue weighted by atomic mass is 9.99. The van der Waals surface area contributed by atoms with Gasteiger partial charge >= 0.3 is 5.97 Å². The molecule has 0 aliphatic rings. The van der Waals surface area contributed by atoms with E-state index >= 15 is 0 Å². The molecule has 98 valence electrons. The molecule has 1 aromatic rings. The normalized spacial score (nSPS) is 12.1. The zero-order chi connectivity index (χ0) is 13.7. The first-order valence-corrected chi connectivity index (χ1v) is 5.85. The summed E-state index contributed by atoms with van der Waals surface area (Å²) in [5.74, 6) is -1.52. The molecule has 1 rings (SSSR count). The first kappa shape index (κ1) is 14.2. The van der Waals surface area contributed by atoms with Crippen molar-refractivity contribution in [3.8, 4) is 0 Å². The van der Waals surface area contributed by atoms with Crippen molar-refractivity contribution in [3.63, 3.8) is 0 Å². The highest BCUT2D eigenvalue weighted by molar-refractivity contribution is 6.02. The van der Waals surface area contributed by atoms with Crippen LogP contribution in [0.1, 0.15) is 35.7 Å². The summed E-state index contributed by atoms with van der Waals surface area (Å²) in [6.07, 6.45) is 1.58. The van der Waals surface area contributed by atoms with Gasteiger partial charge in [0, 0.05) is 17.7 Å². The Morgan fingerprint density at radius 1 is 1.39 bits per heavy atom. The third kappa shape index (κ3) is 3.56. The van der Waals surface area contributed by atoms with E-state index in [-0.39, 0.29) is 12.2 Å². The smallest absolute Gasteiger partial charge is 0.320 e. The lowest BCUT2D eigenvalue weighted by Crippen LogP contribution is -2.32. The van der Waals surface area contributed by atoms with Gasteiger partial charge in [0.05, 0.1) is 0 Å². The van der Waals surface area contributed by atoms with Crippen molar-refractivity contribution in [1.29, 1.82) is 0 Å². The lowest BCUT2D eigenvalue weighted by molar-refractivity contribution is -0.138. The van der Waals surface area contributed by atoms with E-state index in [0.717, 1.165) is 18.4 Å². The molecule has 18 heavy (non-hydrogen) atoms. The van der Waals surface area contributed by atoms with Crippen LogP contribution in [0.5, 0.6) is 0 Å². The fourth-order valence-corrected chi connectivity index (χ4v) is 1.69. The molecule has 0 radical (unpaired) electrons. The Bertz CT molecular complexity index is 458. The van der Waals surface area contributed by atoms with Crippen LogP contribution in [0, 0.1) is 0 Å². The Morgan fingerprint density at radius 2 is 2.06 bits per heavy atom. The summed E-state index contributed by atoms with van der Waals surface area (Å²) in [7, 11) is 0. The number of carboxylic acids is 1. The number of nitrogen functional groups attached to an aromatic ring is 1. The average molecular weight is 250 g/mol. The number of benzene rings is 1. The third-order valence-electron chi connectivity index (χ3n) is 2.68. The van der Waals surface area contributed by atoms with Crippen molar-refractivity contribution in [2.24, 2.45) is 5.73 Å². The maximum absolute atomic E-state index is 11.9. The van der Waals surface area contributed by atoms with E-state index in [4.69, 9.17) is 16.6 Å². The van der Waals surface area contributed by atoms with Gasteiger partial charge in [0.25, 0.3) is 0 Å². The Kier molecular flexibility index (Phi) is 4.85. The molecule has 5 nitrogen and oxygen atoms in total. The number of aliphatic carboxylic acids is 1. The van der Waals surface area contributed by atoms with Crippen LogP contribution < -0.4 is 11.5 Å².